The number of halogens is 2. The van der Waals surface area contributed by atoms with Crippen molar-refractivity contribution >= 4 is 48.1 Å². The Balaban J connectivity index is 0.000000195. The summed E-state index contributed by atoms with van der Waals surface area (Å²) in [5.74, 6) is 0. The van der Waals surface area contributed by atoms with Gasteiger partial charge in [0.15, 0.2) is 0 Å². The summed E-state index contributed by atoms with van der Waals surface area (Å²) in [6, 6.07) is 58.0. The first-order chi connectivity index (χ1) is 28.5. The fourth-order valence-electron chi connectivity index (χ4n) is 8.00. The molecule has 0 aliphatic carbocycles. The van der Waals surface area contributed by atoms with E-state index in [0.29, 0.717) is 0 Å². The number of rotatable bonds is 10. The molecular formula is C54H56Cl2SiZr. The normalized spacial score (nSPS) is 10.5. The van der Waals surface area contributed by atoms with Gasteiger partial charge in [0.1, 0.15) is 0 Å². The summed E-state index contributed by atoms with van der Waals surface area (Å²) in [5, 5.41) is 5.48. The van der Waals surface area contributed by atoms with Gasteiger partial charge in [-0.3, -0.25) is 0 Å². The van der Waals surface area contributed by atoms with Gasteiger partial charge in [-0.25, -0.2) is 0 Å². The van der Waals surface area contributed by atoms with Gasteiger partial charge in [-0.2, -0.15) is 12.1 Å². The third kappa shape index (κ3) is 11.3. The second-order valence-electron chi connectivity index (χ2n) is 14.5. The van der Waals surface area contributed by atoms with Gasteiger partial charge in [-0.05, 0) is 70.2 Å². The monoisotopic (exact) mass is 892 g/mol. The van der Waals surface area contributed by atoms with Crippen LogP contribution in [-0.2, 0) is 46.5 Å². The van der Waals surface area contributed by atoms with Crippen LogP contribution in [0.5, 0.6) is 0 Å². The van der Waals surface area contributed by atoms with Crippen LogP contribution in [0.4, 0.5) is 0 Å². The predicted octanol–water partition coefficient (Wildman–Crippen LogP) is 17.0. The molecule has 0 atom stereocenters. The summed E-state index contributed by atoms with van der Waals surface area (Å²) in [6.07, 6.45) is 6.74. The Labute approximate surface area is 369 Å². The van der Waals surface area contributed by atoms with E-state index in [0.717, 1.165) is 35.2 Å². The molecule has 4 heteroatoms. The van der Waals surface area contributed by atoms with Crippen LogP contribution in [0.15, 0.2) is 158 Å². The predicted molar refractivity (Wildman–Crippen MR) is 257 cm³/mol. The Morgan fingerprint density at radius 3 is 1.16 bits per heavy atom. The fraction of sp³-hybridized carbons (Fsp3) is 0.222. The van der Waals surface area contributed by atoms with Crippen LogP contribution in [0.25, 0.3) is 66.1 Å². The maximum absolute atomic E-state index is 4.93. The first kappa shape index (κ1) is 45.3. The Hall–Kier alpha value is -3.78. The molecule has 0 bridgehead atoms. The van der Waals surface area contributed by atoms with E-state index in [2.05, 4.69) is 199 Å². The van der Waals surface area contributed by atoms with E-state index >= 15 is 0 Å². The minimum absolute atomic E-state index is 0.826. The molecule has 2 radical (unpaired) electrons. The molecule has 58 heavy (non-hydrogen) atoms. The molecule has 0 saturated carbocycles. The first-order valence-electron chi connectivity index (χ1n) is 20.7. The zero-order valence-corrected chi connectivity index (χ0v) is 40.0. The van der Waals surface area contributed by atoms with Gasteiger partial charge in [-0.15, -0.1) is 56.9 Å². The van der Waals surface area contributed by atoms with Crippen LogP contribution < -0.4 is 0 Å². The zero-order valence-electron chi connectivity index (χ0n) is 35.0. The third-order valence-corrected chi connectivity index (χ3v) is 10.5. The summed E-state index contributed by atoms with van der Waals surface area (Å²) in [7, 11) is 11.0. The van der Waals surface area contributed by atoms with Gasteiger partial charge in [0.2, 0.25) is 0 Å². The van der Waals surface area contributed by atoms with Gasteiger partial charge in [0, 0.05) is 9.52 Å². The Bertz CT molecular complexity index is 2270. The molecule has 0 heterocycles. The summed E-state index contributed by atoms with van der Waals surface area (Å²) in [4.78, 5) is 0. The first-order valence-corrected chi connectivity index (χ1v) is 29.1. The quantitative estimate of drug-likeness (QED) is 0.0948. The van der Waals surface area contributed by atoms with Gasteiger partial charge in [0.25, 0.3) is 0 Å². The van der Waals surface area contributed by atoms with Crippen LogP contribution in [0.1, 0.15) is 62.8 Å². The second-order valence-corrected chi connectivity index (χ2v) is 19.3. The molecule has 0 spiro atoms. The molecule has 0 aliphatic rings. The number of benzene rings is 6. The molecule has 0 amide bonds. The summed E-state index contributed by atoms with van der Waals surface area (Å²) >= 11 is -0.826. The molecular weight excluding hydrogens is 839 g/mol. The zero-order chi connectivity index (χ0) is 41.3. The van der Waals surface area contributed by atoms with E-state index in [1.54, 1.807) is 0 Å². The van der Waals surface area contributed by atoms with Crippen LogP contribution in [0, 0.1) is 0 Å². The molecule has 0 nitrogen and oxygen atoms in total. The van der Waals surface area contributed by atoms with E-state index in [1.165, 1.54) is 101 Å². The molecule has 0 aliphatic heterocycles. The van der Waals surface area contributed by atoms with Crippen molar-refractivity contribution in [3.63, 3.8) is 0 Å². The van der Waals surface area contributed by atoms with Gasteiger partial charge in [0.05, 0.1) is 0 Å². The average molecular weight is 895 g/mol. The number of hydrogen-bond donors (Lipinski definition) is 0. The van der Waals surface area contributed by atoms with Crippen molar-refractivity contribution < 1.29 is 20.8 Å². The van der Waals surface area contributed by atoms with E-state index < -0.39 is 20.8 Å². The summed E-state index contributed by atoms with van der Waals surface area (Å²) in [5.41, 5.74) is 16.4. The standard InChI is InChI=1S/2C26H25.C2H6Si.2ClH.Zr/c2*1-3-10-19-17-22-15-16-24(21-12-6-5-7-13-21)26(25(22)18-19)23-14-9-8-11-20(23)4-2;1-3-2;;;/h2*5-9,11-18H,3-4,10H2,1-2H3;1-2H3;2*1H;/q2*-1;;;;+4/p-2. The maximum atomic E-state index is 4.93. The van der Waals surface area contributed by atoms with E-state index in [1.807, 2.05) is 0 Å². The average Bonchev–Trinajstić information content (AvgIpc) is 3.88. The van der Waals surface area contributed by atoms with E-state index in [9.17, 15) is 0 Å². The van der Waals surface area contributed by atoms with Crippen LogP contribution >= 0.6 is 17.0 Å². The van der Waals surface area contributed by atoms with Crippen molar-refractivity contribution in [2.45, 2.75) is 79.3 Å². The molecule has 0 saturated heterocycles. The van der Waals surface area contributed by atoms with Gasteiger partial charge in [-0.1, -0.05) is 186 Å². The molecule has 0 unspecified atom stereocenters. The molecule has 294 valence electrons. The number of aryl methyl sites for hydroxylation is 4. The number of fused-ring (bicyclic) bond motifs is 2. The van der Waals surface area contributed by atoms with Crippen molar-refractivity contribution in [2.24, 2.45) is 0 Å². The molecule has 0 aromatic heterocycles. The Morgan fingerprint density at radius 1 is 0.466 bits per heavy atom. The molecule has 0 N–H and O–H groups in total. The third-order valence-electron chi connectivity index (χ3n) is 10.5. The van der Waals surface area contributed by atoms with Crippen molar-refractivity contribution in [2.75, 3.05) is 0 Å². The minimum atomic E-state index is -0.826. The van der Waals surface area contributed by atoms with Crippen molar-refractivity contribution in [3.05, 3.63) is 180 Å². The molecule has 8 rings (SSSR count). The fourth-order valence-corrected chi connectivity index (χ4v) is 8.00. The Kier molecular flexibility index (Phi) is 18.5. The van der Waals surface area contributed by atoms with Gasteiger partial charge < -0.3 is 0 Å². The summed E-state index contributed by atoms with van der Waals surface area (Å²) < 4.78 is 0. The SMILES string of the molecule is CCCc1cc2c(-c3ccccc3CC)c(-c3ccccc3)ccc2[cH-]1.CCCc1cc2c(-c3ccccc3CC)c(-c3ccccc3)ccc2[cH-]1.C[Si]C.[Cl][Zr+2][Cl]. The molecule has 0 fully saturated rings. The Morgan fingerprint density at radius 2 is 0.810 bits per heavy atom. The van der Waals surface area contributed by atoms with Crippen molar-refractivity contribution in [1.29, 1.82) is 0 Å². The second kappa shape index (κ2) is 23.7. The molecule has 8 aromatic rings. The number of hydrogen-bond acceptors (Lipinski definition) is 0. The van der Waals surface area contributed by atoms with Crippen molar-refractivity contribution in [3.8, 4) is 44.5 Å². The van der Waals surface area contributed by atoms with Crippen LogP contribution in [0.3, 0.4) is 0 Å². The molecule has 8 aromatic carbocycles. The van der Waals surface area contributed by atoms with Crippen molar-refractivity contribution in [1.82, 2.24) is 0 Å². The van der Waals surface area contributed by atoms with Gasteiger partial charge >= 0.3 is 37.9 Å². The summed E-state index contributed by atoms with van der Waals surface area (Å²) in [6.45, 7) is 13.3. The van der Waals surface area contributed by atoms with Crippen LogP contribution in [-0.4, -0.2) is 9.52 Å². The van der Waals surface area contributed by atoms with Crippen LogP contribution in [0.2, 0.25) is 13.1 Å². The topological polar surface area (TPSA) is 0 Å². The van der Waals surface area contributed by atoms with E-state index in [-0.39, 0.29) is 0 Å². The van der Waals surface area contributed by atoms with E-state index in [4.69, 9.17) is 17.0 Å².